The van der Waals surface area contributed by atoms with Crippen LogP contribution in [-0.4, -0.2) is 58.6 Å². The minimum atomic E-state index is -1.26. The third kappa shape index (κ3) is 5.62. The molecule has 4 aromatic rings. The fourth-order valence-corrected chi connectivity index (χ4v) is 4.94. The highest BCUT2D eigenvalue weighted by atomic mass is 35.5. The summed E-state index contributed by atoms with van der Waals surface area (Å²) < 4.78 is 0. The second-order valence-electron chi connectivity index (χ2n) is 9.22. The summed E-state index contributed by atoms with van der Waals surface area (Å²) in [6, 6.07) is 32.0. The molecule has 9 heteroatoms. The number of carboxylic acids is 1. The van der Waals surface area contributed by atoms with Crippen molar-refractivity contribution in [3.8, 4) is 0 Å². The molecular weight excluding hydrogens is 528 g/mol. The molecule has 8 nitrogen and oxygen atoms in total. The van der Waals surface area contributed by atoms with Crippen LogP contribution in [0.15, 0.2) is 115 Å². The van der Waals surface area contributed by atoms with Crippen molar-refractivity contribution in [3.63, 3.8) is 0 Å². The standard InChI is InChI=1S/C31H27ClN4O4/c32-23-11-10-18-27(21-23)36(26-16-8-3-9-17-26)31(40)34-20-19-33(22-28(34)29(37)38)30(39)35(24-12-4-1-5-13-24)25-14-6-2-7-15-25/h1-18,21,28H,19-20,22H2,(H,37,38)/t28-/m0/s1. The fourth-order valence-electron chi connectivity index (χ4n) is 4.75. The topological polar surface area (TPSA) is 84.4 Å². The smallest absolute Gasteiger partial charge is 0.329 e. The Morgan fingerprint density at radius 1 is 0.650 bits per heavy atom. The van der Waals surface area contributed by atoms with Gasteiger partial charge in [-0.15, -0.1) is 0 Å². The number of nitrogens with zero attached hydrogens (tertiary/aromatic N) is 4. The Hall–Kier alpha value is -4.82. The molecule has 202 valence electrons. The first-order chi connectivity index (χ1) is 19.4. The maximum absolute atomic E-state index is 14.0. The van der Waals surface area contributed by atoms with Gasteiger partial charge in [0.15, 0.2) is 0 Å². The minimum Gasteiger partial charge on any atom is -0.480 e. The Labute approximate surface area is 237 Å². The van der Waals surface area contributed by atoms with Crippen LogP contribution in [0.4, 0.5) is 32.3 Å². The molecule has 1 fully saturated rings. The zero-order chi connectivity index (χ0) is 28.1. The third-order valence-electron chi connectivity index (χ3n) is 6.67. The minimum absolute atomic E-state index is 0.0306. The van der Waals surface area contributed by atoms with Crippen LogP contribution in [0.3, 0.4) is 0 Å². The normalized spacial score (nSPS) is 14.9. The molecule has 0 aromatic heterocycles. The number of hydrogen-bond acceptors (Lipinski definition) is 3. The van der Waals surface area contributed by atoms with E-state index in [0.717, 1.165) is 0 Å². The van der Waals surface area contributed by atoms with Gasteiger partial charge in [0.2, 0.25) is 0 Å². The zero-order valence-electron chi connectivity index (χ0n) is 21.5. The van der Waals surface area contributed by atoms with E-state index in [1.807, 2.05) is 66.7 Å². The molecule has 1 saturated heterocycles. The number of piperazine rings is 1. The molecule has 1 atom stereocenters. The summed E-state index contributed by atoms with van der Waals surface area (Å²) in [5.74, 6) is -1.20. The van der Waals surface area contributed by atoms with Crippen LogP contribution >= 0.6 is 11.6 Å². The van der Waals surface area contributed by atoms with Gasteiger partial charge in [-0.2, -0.15) is 0 Å². The molecule has 1 aliphatic rings. The number of hydrogen-bond donors (Lipinski definition) is 1. The molecule has 1 heterocycles. The summed E-state index contributed by atoms with van der Waals surface area (Å²) in [6.45, 7) is 0.0137. The number of amides is 4. The number of aliphatic carboxylic acids is 1. The van der Waals surface area contributed by atoms with Crippen LogP contribution in [-0.2, 0) is 4.79 Å². The number of carbonyl (C=O) groups excluding carboxylic acids is 2. The Bertz CT molecular complexity index is 1450. The van der Waals surface area contributed by atoms with E-state index in [1.54, 1.807) is 53.4 Å². The lowest BCUT2D eigenvalue weighted by atomic mass is 10.1. The number of anilines is 4. The van der Waals surface area contributed by atoms with Gasteiger partial charge in [-0.1, -0.05) is 72.3 Å². The van der Waals surface area contributed by atoms with Crippen molar-refractivity contribution < 1.29 is 19.5 Å². The van der Waals surface area contributed by atoms with E-state index in [2.05, 4.69) is 0 Å². The predicted molar refractivity (Wildman–Crippen MR) is 156 cm³/mol. The van der Waals surface area contributed by atoms with Crippen LogP contribution in [0, 0.1) is 0 Å². The highest BCUT2D eigenvalue weighted by molar-refractivity contribution is 6.31. The Morgan fingerprint density at radius 3 is 1.60 bits per heavy atom. The number of carbonyl (C=O) groups is 3. The van der Waals surface area contributed by atoms with Crippen molar-refractivity contribution in [2.24, 2.45) is 0 Å². The molecule has 0 radical (unpaired) electrons. The van der Waals surface area contributed by atoms with E-state index in [9.17, 15) is 19.5 Å². The molecule has 4 amide bonds. The van der Waals surface area contributed by atoms with Gasteiger partial charge < -0.3 is 14.9 Å². The maximum Gasteiger partial charge on any atom is 0.329 e. The lowest BCUT2D eigenvalue weighted by Gasteiger charge is -2.42. The number of benzene rings is 4. The van der Waals surface area contributed by atoms with Gasteiger partial charge in [-0.3, -0.25) is 9.80 Å². The number of rotatable bonds is 5. The summed E-state index contributed by atoms with van der Waals surface area (Å²) in [6.07, 6.45) is 0. The molecule has 0 spiro atoms. The number of carboxylic acid groups (broad SMARTS) is 1. The SMILES string of the molecule is O=C(O)[C@@H]1CN(C(=O)N(c2ccccc2)c2ccccc2)CCN1C(=O)N(c1ccccc1)c1cccc(Cl)c1. The Balaban J connectivity index is 1.45. The molecule has 1 aliphatic heterocycles. The van der Waals surface area contributed by atoms with Crippen molar-refractivity contribution in [1.29, 1.82) is 0 Å². The zero-order valence-corrected chi connectivity index (χ0v) is 22.3. The van der Waals surface area contributed by atoms with Crippen LogP contribution in [0.1, 0.15) is 0 Å². The number of halogens is 1. The van der Waals surface area contributed by atoms with Crippen molar-refractivity contribution in [2.45, 2.75) is 6.04 Å². The fraction of sp³-hybridized carbons (Fsp3) is 0.129. The molecule has 40 heavy (non-hydrogen) atoms. The summed E-state index contributed by atoms with van der Waals surface area (Å²) in [7, 11) is 0. The van der Waals surface area contributed by atoms with Gasteiger partial charge in [-0.25, -0.2) is 14.4 Å². The van der Waals surface area contributed by atoms with Gasteiger partial charge in [-0.05, 0) is 54.6 Å². The van der Waals surface area contributed by atoms with Crippen LogP contribution in [0.2, 0.25) is 5.02 Å². The van der Waals surface area contributed by atoms with Gasteiger partial charge in [0.25, 0.3) is 0 Å². The van der Waals surface area contributed by atoms with Crippen molar-refractivity contribution in [3.05, 3.63) is 120 Å². The summed E-state index contributed by atoms with van der Waals surface area (Å²) in [5.41, 5.74) is 2.38. The van der Waals surface area contributed by atoms with Crippen LogP contribution in [0.25, 0.3) is 0 Å². The highest BCUT2D eigenvalue weighted by Gasteiger charge is 2.40. The van der Waals surface area contributed by atoms with Crippen molar-refractivity contribution in [1.82, 2.24) is 9.80 Å². The summed E-state index contributed by atoms with van der Waals surface area (Å²) >= 11 is 6.24. The average molecular weight is 555 g/mol. The number of urea groups is 2. The first kappa shape index (κ1) is 26.8. The molecule has 4 aromatic carbocycles. The van der Waals surface area contributed by atoms with Crippen LogP contribution in [0.5, 0.6) is 0 Å². The van der Waals surface area contributed by atoms with E-state index >= 15 is 0 Å². The van der Waals surface area contributed by atoms with Gasteiger partial charge in [0.05, 0.1) is 29.3 Å². The lowest BCUT2D eigenvalue weighted by molar-refractivity contribution is -0.143. The molecule has 0 unspecified atom stereocenters. The highest BCUT2D eigenvalue weighted by Crippen LogP contribution is 2.31. The predicted octanol–water partition coefficient (Wildman–Crippen LogP) is 6.63. The average Bonchev–Trinajstić information content (AvgIpc) is 2.99. The number of para-hydroxylation sites is 3. The maximum atomic E-state index is 14.0. The van der Waals surface area contributed by atoms with Crippen molar-refractivity contribution in [2.75, 3.05) is 29.4 Å². The van der Waals surface area contributed by atoms with Gasteiger partial charge >= 0.3 is 18.0 Å². The molecule has 0 aliphatic carbocycles. The first-order valence-electron chi connectivity index (χ1n) is 12.8. The van der Waals surface area contributed by atoms with E-state index in [-0.39, 0.29) is 25.7 Å². The quantitative estimate of drug-likeness (QED) is 0.300. The Kier molecular flexibility index (Phi) is 7.98. The molecule has 0 saturated carbocycles. The van der Waals surface area contributed by atoms with E-state index in [4.69, 9.17) is 11.6 Å². The van der Waals surface area contributed by atoms with Crippen LogP contribution < -0.4 is 9.80 Å². The molecule has 1 N–H and O–H groups in total. The van der Waals surface area contributed by atoms with Gasteiger partial charge in [0.1, 0.15) is 6.04 Å². The Morgan fingerprint density at radius 2 is 1.12 bits per heavy atom. The lowest BCUT2D eigenvalue weighted by Crippen LogP contribution is -2.62. The summed E-state index contributed by atoms with van der Waals surface area (Å²) in [5, 5.41) is 10.7. The summed E-state index contributed by atoms with van der Waals surface area (Å²) in [4.78, 5) is 46.2. The van der Waals surface area contributed by atoms with E-state index in [0.29, 0.717) is 27.8 Å². The third-order valence-corrected chi connectivity index (χ3v) is 6.91. The van der Waals surface area contributed by atoms with E-state index in [1.165, 1.54) is 14.7 Å². The van der Waals surface area contributed by atoms with Crippen molar-refractivity contribution >= 4 is 52.4 Å². The molecule has 0 bridgehead atoms. The molecular formula is C31H27ClN4O4. The van der Waals surface area contributed by atoms with Gasteiger partial charge in [0, 0.05) is 18.1 Å². The molecule has 5 rings (SSSR count). The monoisotopic (exact) mass is 554 g/mol. The van der Waals surface area contributed by atoms with E-state index < -0.39 is 18.0 Å². The second kappa shape index (κ2) is 11.9. The first-order valence-corrected chi connectivity index (χ1v) is 13.1. The largest absolute Gasteiger partial charge is 0.480 e. The second-order valence-corrected chi connectivity index (χ2v) is 9.65.